The average molecular weight is 592 g/mol. The number of anilines is 1. The van der Waals surface area contributed by atoms with Crippen molar-refractivity contribution in [2.75, 3.05) is 90.8 Å². The third-order valence-corrected chi connectivity index (χ3v) is 8.64. The molecule has 6 rings (SSSR count). The normalized spacial score (nSPS) is 16.9. The van der Waals surface area contributed by atoms with Crippen molar-refractivity contribution >= 4 is 45.0 Å². The second-order valence-electron chi connectivity index (χ2n) is 10.9. The van der Waals surface area contributed by atoms with Crippen LogP contribution < -0.4 is 15.4 Å². The Morgan fingerprint density at radius 2 is 1.67 bits per heavy atom. The first kappa shape index (κ1) is 28.8. The summed E-state index contributed by atoms with van der Waals surface area (Å²) in [6.45, 7) is 10.4. The zero-order valence-corrected chi connectivity index (χ0v) is 24.8. The van der Waals surface area contributed by atoms with Gasteiger partial charge >= 0.3 is 0 Å². The standard InChI is InChI=1S/C32H38ClN5O4/c1-40-14-10-36-6-8-38(9-7-36)24-3-4-25-26-18-23(19-27(32(34)39)31(26)35-29(25)21-24)22-2-5-30(28(33)20-22)42-17-13-37-11-15-41-16-12-37/h2-5,18-21,35H,6-17H2,1H3,(H2,34,39). The third-order valence-electron chi connectivity index (χ3n) is 8.34. The van der Waals surface area contributed by atoms with Gasteiger partial charge in [-0.15, -0.1) is 0 Å². The molecule has 0 unspecified atom stereocenters. The number of benzene rings is 3. The predicted octanol–water partition coefficient (Wildman–Crippen LogP) is 4.22. The topological polar surface area (TPSA) is 96.3 Å². The fourth-order valence-electron chi connectivity index (χ4n) is 5.91. The molecule has 222 valence electrons. The quantitative estimate of drug-likeness (QED) is 0.285. The highest BCUT2D eigenvalue weighted by atomic mass is 35.5. The van der Waals surface area contributed by atoms with E-state index in [0.717, 1.165) is 111 Å². The number of aromatic nitrogens is 1. The van der Waals surface area contributed by atoms with Crippen LogP contribution in [-0.4, -0.2) is 107 Å². The molecule has 9 nitrogen and oxygen atoms in total. The van der Waals surface area contributed by atoms with E-state index in [-0.39, 0.29) is 0 Å². The lowest BCUT2D eigenvalue weighted by Gasteiger charge is -2.36. The summed E-state index contributed by atoms with van der Waals surface area (Å²) in [5.41, 5.74) is 11.0. The number of carbonyl (C=O) groups excluding carboxylic acids is 1. The van der Waals surface area contributed by atoms with Gasteiger partial charge in [-0.25, -0.2) is 0 Å². The Kier molecular flexibility index (Phi) is 8.83. The largest absolute Gasteiger partial charge is 0.491 e. The smallest absolute Gasteiger partial charge is 0.250 e. The maximum atomic E-state index is 12.6. The van der Waals surface area contributed by atoms with Gasteiger partial charge in [0.05, 0.1) is 35.9 Å². The van der Waals surface area contributed by atoms with Gasteiger partial charge in [-0.2, -0.15) is 0 Å². The minimum Gasteiger partial charge on any atom is -0.491 e. The molecule has 10 heteroatoms. The van der Waals surface area contributed by atoms with Crippen molar-refractivity contribution < 1.29 is 19.0 Å². The van der Waals surface area contributed by atoms with Crippen LogP contribution in [0.4, 0.5) is 5.69 Å². The monoisotopic (exact) mass is 591 g/mol. The molecule has 42 heavy (non-hydrogen) atoms. The molecule has 1 aromatic heterocycles. The number of piperazine rings is 1. The fraction of sp³-hybridized carbons (Fsp3) is 0.406. The highest BCUT2D eigenvalue weighted by Gasteiger charge is 2.20. The lowest BCUT2D eigenvalue weighted by atomic mass is 9.98. The Labute approximate surface area is 251 Å². The molecule has 1 amide bonds. The Morgan fingerprint density at radius 1 is 0.905 bits per heavy atom. The molecule has 3 aromatic carbocycles. The number of aromatic amines is 1. The molecule has 0 atom stereocenters. The van der Waals surface area contributed by atoms with Crippen molar-refractivity contribution in [2.45, 2.75) is 0 Å². The lowest BCUT2D eigenvalue weighted by Crippen LogP contribution is -2.47. The molecule has 0 bridgehead atoms. The predicted molar refractivity (Wildman–Crippen MR) is 168 cm³/mol. The van der Waals surface area contributed by atoms with E-state index in [1.807, 2.05) is 24.3 Å². The number of ether oxygens (including phenoxy) is 3. The van der Waals surface area contributed by atoms with E-state index in [2.05, 4.69) is 43.9 Å². The number of fused-ring (bicyclic) bond motifs is 3. The van der Waals surface area contributed by atoms with E-state index >= 15 is 0 Å². The van der Waals surface area contributed by atoms with Crippen molar-refractivity contribution in [2.24, 2.45) is 5.73 Å². The van der Waals surface area contributed by atoms with Crippen molar-refractivity contribution in [3.05, 3.63) is 59.1 Å². The molecular weight excluding hydrogens is 554 g/mol. The minimum atomic E-state index is -0.477. The van der Waals surface area contributed by atoms with Gasteiger partial charge in [0, 0.05) is 81.4 Å². The van der Waals surface area contributed by atoms with Gasteiger partial charge in [0.2, 0.25) is 0 Å². The summed E-state index contributed by atoms with van der Waals surface area (Å²) in [7, 11) is 1.74. The maximum absolute atomic E-state index is 12.6. The second-order valence-corrected chi connectivity index (χ2v) is 11.3. The van der Waals surface area contributed by atoms with Crippen LogP contribution in [0.2, 0.25) is 5.02 Å². The number of amides is 1. The maximum Gasteiger partial charge on any atom is 0.250 e. The Bertz CT molecular complexity index is 1560. The number of carbonyl (C=O) groups is 1. The van der Waals surface area contributed by atoms with Crippen LogP contribution in [0.25, 0.3) is 32.9 Å². The van der Waals surface area contributed by atoms with Crippen LogP contribution in [0.1, 0.15) is 10.4 Å². The average Bonchev–Trinajstić information content (AvgIpc) is 3.39. The number of hydrogen-bond acceptors (Lipinski definition) is 7. The van der Waals surface area contributed by atoms with Crippen molar-refractivity contribution in [3.63, 3.8) is 0 Å². The Hall–Kier alpha value is -3.34. The minimum absolute atomic E-state index is 0.453. The zero-order valence-electron chi connectivity index (χ0n) is 24.0. The molecule has 4 aromatic rings. The number of primary amides is 1. The van der Waals surface area contributed by atoms with Crippen LogP contribution in [0.15, 0.2) is 48.5 Å². The van der Waals surface area contributed by atoms with Gasteiger partial charge in [0.1, 0.15) is 12.4 Å². The summed E-state index contributed by atoms with van der Waals surface area (Å²) < 4.78 is 16.6. The zero-order chi connectivity index (χ0) is 29.1. The second kappa shape index (κ2) is 12.9. The SMILES string of the molecule is COCCN1CCN(c2ccc3c(c2)[nH]c2c(C(N)=O)cc(-c4ccc(OCCN5CCOCC5)c(Cl)c4)cc23)CC1. The van der Waals surface area contributed by atoms with E-state index in [0.29, 0.717) is 22.9 Å². The van der Waals surface area contributed by atoms with Crippen LogP contribution in [0, 0.1) is 0 Å². The number of nitrogens with zero attached hydrogens (tertiary/aromatic N) is 3. The Morgan fingerprint density at radius 3 is 2.40 bits per heavy atom. The summed E-state index contributed by atoms with van der Waals surface area (Å²) in [5, 5.41) is 2.53. The number of halogens is 1. The van der Waals surface area contributed by atoms with Gasteiger partial charge in [-0.05, 0) is 47.5 Å². The number of rotatable bonds is 10. The molecule has 2 saturated heterocycles. The van der Waals surface area contributed by atoms with E-state index in [1.165, 1.54) is 0 Å². The summed E-state index contributed by atoms with van der Waals surface area (Å²) in [6, 6.07) is 16.2. The fourth-order valence-corrected chi connectivity index (χ4v) is 6.14. The number of morpholine rings is 1. The first-order valence-corrected chi connectivity index (χ1v) is 15.0. The van der Waals surface area contributed by atoms with Crippen LogP contribution in [0.3, 0.4) is 0 Å². The highest BCUT2D eigenvalue weighted by molar-refractivity contribution is 6.32. The summed E-state index contributed by atoms with van der Waals surface area (Å²) in [4.78, 5) is 23.2. The first-order chi connectivity index (χ1) is 20.5. The van der Waals surface area contributed by atoms with Gasteiger partial charge in [-0.3, -0.25) is 14.6 Å². The van der Waals surface area contributed by atoms with Crippen LogP contribution in [0.5, 0.6) is 5.75 Å². The van der Waals surface area contributed by atoms with E-state index in [4.69, 9.17) is 31.5 Å². The summed E-state index contributed by atoms with van der Waals surface area (Å²) in [5.74, 6) is 0.166. The molecule has 2 aliphatic rings. The number of H-pyrrole nitrogens is 1. The first-order valence-electron chi connectivity index (χ1n) is 14.6. The molecule has 2 fully saturated rings. The summed E-state index contributed by atoms with van der Waals surface area (Å²) >= 11 is 6.65. The summed E-state index contributed by atoms with van der Waals surface area (Å²) in [6.07, 6.45) is 0. The van der Waals surface area contributed by atoms with Crippen molar-refractivity contribution in [3.8, 4) is 16.9 Å². The highest BCUT2D eigenvalue weighted by Crippen LogP contribution is 2.36. The third kappa shape index (κ3) is 6.21. The van der Waals surface area contributed by atoms with E-state index in [9.17, 15) is 4.79 Å². The van der Waals surface area contributed by atoms with E-state index < -0.39 is 5.91 Å². The number of methoxy groups -OCH3 is 1. The van der Waals surface area contributed by atoms with Crippen molar-refractivity contribution in [1.82, 2.24) is 14.8 Å². The van der Waals surface area contributed by atoms with Crippen LogP contribution in [-0.2, 0) is 9.47 Å². The lowest BCUT2D eigenvalue weighted by molar-refractivity contribution is 0.0322. The molecule has 0 radical (unpaired) electrons. The Balaban J connectivity index is 1.23. The molecule has 0 aliphatic carbocycles. The van der Waals surface area contributed by atoms with Gasteiger partial charge in [0.25, 0.3) is 5.91 Å². The van der Waals surface area contributed by atoms with Crippen molar-refractivity contribution in [1.29, 1.82) is 0 Å². The number of nitrogens with two attached hydrogens (primary N) is 1. The number of nitrogens with one attached hydrogen (secondary N) is 1. The molecule has 0 spiro atoms. The molecular formula is C32H38ClN5O4. The van der Waals surface area contributed by atoms with Gasteiger partial charge in [0.15, 0.2) is 0 Å². The van der Waals surface area contributed by atoms with Gasteiger partial charge < -0.3 is 29.8 Å². The number of hydrogen-bond donors (Lipinski definition) is 2. The molecule has 3 N–H and O–H groups in total. The van der Waals surface area contributed by atoms with Gasteiger partial charge in [-0.1, -0.05) is 23.7 Å². The molecule has 0 saturated carbocycles. The molecule has 2 aliphatic heterocycles. The van der Waals surface area contributed by atoms with Crippen LogP contribution >= 0.6 is 11.6 Å². The molecule has 3 heterocycles. The van der Waals surface area contributed by atoms with E-state index in [1.54, 1.807) is 7.11 Å².